The zero-order valence-electron chi connectivity index (χ0n) is 20.9. The molecule has 0 bridgehead atoms. The van der Waals surface area contributed by atoms with Gasteiger partial charge in [-0.05, 0) is 82.2 Å². The second-order valence-corrected chi connectivity index (χ2v) is 9.85. The van der Waals surface area contributed by atoms with E-state index in [2.05, 4.69) is 25.5 Å². The van der Waals surface area contributed by atoms with Gasteiger partial charge in [-0.2, -0.15) is 0 Å². The van der Waals surface area contributed by atoms with Crippen molar-refractivity contribution in [2.75, 3.05) is 30.8 Å². The van der Waals surface area contributed by atoms with Gasteiger partial charge in [0.05, 0.1) is 7.11 Å². The molecule has 3 aromatic heterocycles. The number of aromatic nitrogens is 2. The Bertz CT molecular complexity index is 1220. The number of hydrogen-bond acceptors (Lipinski definition) is 7. The van der Waals surface area contributed by atoms with Gasteiger partial charge in [0.2, 0.25) is 17.5 Å². The first kappa shape index (κ1) is 24.2. The topological polar surface area (TPSA) is 110 Å². The van der Waals surface area contributed by atoms with Gasteiger partial charge in [0.1, 0.15) is 17.0 Å². The summed E-state index contributed by atoms with van der Waals surface area (Å²) in [6, 6.07) is 7.56. The summed E-state index contributed by atoms with van der Waals surface area (Å²) in [6.45, 7) is 4.34. The van der Waals surface area contributed by atoms with Gasteiger partial charge in [0.15, 0.2) is 5.58 Å². The molecule has 1 aliphatic heterocycles. The number of anilines is 2. The minimum atomic E-state index is -0.509. The number of carbonyl (C=O) groups is 2. The van der Waals surface area contributed by atoms with Crippen LogP contribution in [0.25, 0.3) is 11.1 Å². The van der Waals surface area contributed by atoms with Crippen LogP contribution < -0.4 is 15.4 Å². The number of rotatable bonds is 7. The molecular formula is C27H33N5O4. The molecule has 3 aromatic rings. The standard InChI is InChI=1S/C27H33N5O4/c1-17-5-11-21(28-16-17)29-27(34)26-25(24-20(36-26)10-12-23(31-24)35-2)30-22(33)15-18-6-8-19(9-7-18)32-13-3-4-14-32/h5,10-12,16,18-19H,3-4,6-9,13-15H2,1-2H3,(H,30,33)(H,28,29,34). The number of nitrogens with one attached hydrogen (secondary N) is 2. The molecule has 190 valence electrons. The first-order valence-electron chi connectivity index (χ1n) is 12.8. The van der Waals surface area contributed by atoms with E-state index in [1.54, 1.807) is 24.4 Å². The molecule has 4 heterocycles. The van der Waals surface area contributed by atoms with Crippen molar-refractivity contribution >= 4 is 34.4 Å². The number of pyridine rings is 2. The van der Waals surface area contributed by atoms with E-state index in [9.17, 15) is 9.59 Å². The molecule has 0 spiro atoms. The molecule has 2 fully saturated rings. The summed E-state index contributed by atoms with van der Waals surface area (Å²) in [5.41, 5.74) is 2.00. The fourth-order valence-electron chi connectivity index (χ4n) is 5.34. The zero-order chi connectivity index (χ0) is 25.1. The molecule has 1 aliphatic carbocycles. The van der Waals surface area contributed by atoms with E-state index < -0.39 is 5.91 Å². The van der Waals surface area contributed by atoms with Gasteiger partial charge in [0, 0.05) is 24.7 Å². The largest absolute Gasteiger partial charge is 0.481 e. The van der Waals surface area contributed by atoms with Crippen LogP contribution in [0.5, 0.6) is 5.88 Å². The lowest BCUT2D eigenvalue weighted by Gasteiger charge is -2.34. The van der Waals surface area contributed by atoms with Gasteiger partial charge in [-0.1, -0.05) is 6.07 Å². The van der Waals surface area contributed by atoms with E-state index in [0.29, 0.717) is 41.2 Å². The summed E-state index contributed by atoms with van der Waals surface area (Å²) in [5, 5.41) is 5.67. The first-order chi connectivity index (χ1) is 17.5. The summed E-state index contributed by atoms with van der Waals surface area (Å²) in [7, 11) is 1.52. The van der Waals surface area contributed by atoms with E-state index in [1.165, 1.54) is 33.0 Å². The molecule has 9 heteroatoms. The monoisotopic (exact) mass is 491 g/mol. The molecule has 1 saturated carbocycles. The lowest BCUT2D eigenvalue weighted by atomic mass is 9.83. The van der Waals surface area contributed by atoms with E-state index in [0.717, 1.165) is 31.2 Å². The molecule has 2 N–H and O–H groups in total. The van der Waals surface area contributed by atoms with Crippen LogP contribution in [0.15, 0.2) is 34.9 Å². The van der Waals surface area contributed by atoms with Crippen LogP contribution in [-0.4, -0.2) is 52.9 Å². The Balaban J connectivity index is 1.31. The second kappa shape index (κ2) is 10.7. The Morgan fingerprint density at radius 1 is 1.08 bits per heavy atom. The van der Waals surface area contributed by atoms with Crippen molar-refractivity contribution in [1.82, 2.24) is 14.9 Å². The average Bonchev–Trinajstić information content (AvgIpc) is 3.54. The third-order valence-corrected chi connectivity index (χ3v) is 7.29. The number of fused-ring (bicyclic) bond motifs is 1. The minimum absolute atomic E-state index is 0.0146. The number of aryl methyl sites for hydroxylation is 1. The number of nitrogens with zero attached hydrogens (tertiary/aromatic N) is 3. The Kier molecular flexibility index (Phi) is 7.18. The maximum absolute atomic E-state index is 13.1. The molecular weight excluding hydrogens is 458 g/mol. The van der Waals surface area contributed by atoms with Crippen molar-refractivity contribution in [1.29, 1.82) is 0 Å². The molecule has 0 radical (unpaired) electrons. The third kappa shape index (κ3) is 5.36. The van der Waals surface area contributed by atoms with Gasteiger partial charge < -0.3 is 24.7 Å². The molecule has 36 heavy (non-hydrogen) atoms. The van der Waals surface area contributed by atoms with Crippen molar-refractivity contribution in [3.63, 3.8) is 0 Å². The van der Waals surface area contributed by atoms with Gasteiger partial charge in [-0.3, -0.25) is 9.59 Å². The second-order valence-electron chi connectivity index (χ2n) is 9.85. The normalized spacial score (nSPS) is 20.4. The summed E-state index contributed by atoms with van der Waals surface area (Å²) in [5.74, 6) is 0.423. The molecule has 9 nitrogen and oxygen atoms in total. The highest BCUT2D eigenvalue weighted by Gasteiger charge is 2.30. The molecule has 2 aliphatic rings. The quantitative estimate of drug-likeness (QED) is 0.490. The van der Waals surface area contributed by atoms with Crippen LogP contribution in [0.2, 0.25) is 0 Å². The van der Waals surface area contributed by atoms with Crippen LogP contribution in [0.4, 0.5) is 11.5 Å². The van der Waals surface area contributed by atoms with Crippen molar-refractivity contribution in [2.24, 2.45) is 5.92 Å². The van der Waals surface area contributed by atoms with Crippen molar-refractivity contribution in [3.05, 3.63) is 41.8 Å². The summed E-state index contributed by atoms with van der Waals surface area (Å²) >= 11 is 0. The van der Waals surface area contributed by atoms with Crippen LogP contribution in [-0.2, 0) is 4.79 Å². The molecule has 0 atom stereocenters. The Morgan fingerprint density at radius 2 is 1.86 bits per heavy atom. The number of ether oxygens (including phenoxy) is 1. The highest BCUT2D eigenvalue weighted by molar-refractivity contribution is 6.13. The van der Waals surface area contributed by atoms with Crippen molar-refractivity contribution in [2.45, 2.75) is 57.9 Å². The number of furan rings is 1. The predicted molar refractivity (Wildman–Crippen MR) is 137 cm³/mol. The van der Waals surface area contributed by atoms with Gasteiger partial charge in [-0.25, -0.2) is 9.97 Å². The maximum Gasteiger partial charge on any atom is 0.294 e. The fraction of sp³-hybridized carbons (Fsp3) is 0.481. The maximum atomic E-state index is 13.1. The molecule has 1 saturated heterocycles. The molecule has 2 amide bonds. The number of carbonyl (C=O) groups excluding carboxylic acids is 2. The highest BCUT2D eigenvalue weighted by Crippen LogP contribution is 2.34. The summed E-state index contributed by atoms with van der Waals surface area (Å²) < 4.78 is 11.1. The van der Waals surface area contributed by atoms with E-state index in [1.807, 2.05) is 13.0 Å². The third-order valence-electron chi connectivity index (χ3n) is 7.29. The number of likely N-dealkylation sites (tertiary alicyclic amines) is 1. The number of amides is 2. The zero-order valence-corrected chi connectivity index (χ0v) is 20.9. The van der Waals surface area contributed by atoms with Crippen molar-refractivity contribution < 1.29 is 18.7 Å². The Morgan fingerprint density at radius 3 is 2.56 bits per heavy atom. The minimum Gasteiger partial charge on any atom is -0.481 e. The molecule has 0 unspecified atom stereocenters. The van der Waals surface area contributed by atoms with Gasteiger partial charge >= 0.3 is 0 Å². The van der Waals surface area contributed by atoms with Crippen LogP contribution in [0.3, 0.4) is 0 Å². The predicted octanol–water partition coefficient (Wildman–Crippen LogP) is 4.78. The SMILES string of the molecule is COc1ccc2oc(C(=O)Nc3ccc(C)cn3)c(NC(=O)CC3CCC(N4CCCC4)CC3)c2n1. The van der Waals surface area contributed by atoms with Gasteiger partial charge in [-0.15, -0.1) is 0 Å². The lowest BCUT2D eigenvalue weighted by Crippen LogP contribution is -2.36. The van der Waals surface area contributed by atoms with E-state index in [-0.39, 0.29) is 17.4 Å². The summed E-state index contributed by atoms with van der Waals surface area (Å²) in [4.78, 5) is 37.5. The molecule has 0 aromatic carbocycles. The Hall–Kier alpha value is -3.46. The average molecular weight is 492 g/mol. The number of hydrogen-bond donors (Lipinski definition) is 2. The van der Waals surface area contributed by atoms with Crippen LogP contribution in [0.1, 0.15) is 61.1 Å². The smallest absolute Gasteiger partial charge is 0.294 e. The first-order valence-corrected chi connectivity index (χ1v) is 12.8. The van der Waals surface area contributed by atoms with Gasteiger partial charge in [0.25, 0.3) is 5.91 Å². The summed E-state index contributed by atoms with van der Waals surface area (Å²) in [6.07, 6.45) is 9.04. The van der Waals surface area contributed by atoms with E-state index in [4.69, 9.17) is 9.15 Å². The van der Waals surface area contributed by atoms with Crippen molar-refractivity contribution in [3.8, 4) is 5.88 Å². The lowest BCUT2D eigenvalue weighted by molar-refractivity contribution is -0.117. The van der Waals surface area contributed by atoms with Crippen LogP contribution >= 0.6 is 0 Å². The fourth-order valence-corrected chi connectivity index (χ4v) is 5.34. The van der Waals surface area contributed by atoms with E-state index >= 15 is 0 Å². The van der Waals surface area contributed by atoms with Crippen LogP contribution in [0, 0.1) is 12.8 Å². The molecule has 5 rings (SSSR count). The highest BCUT2D eigenvalue weighted by atomic mass is 16.5. The number of methoxy groups -OCH3 is 1. The Labute approximate surface area is 210 Å².